The van der Waals surface area contributed by atoms with Crippen LogP contribution >= 0.6 is 34.8 Å². The molecule has 2 N–H and O–H groups in total. The Hall–Kier alpha value is -2.80. The molecule has 0 spiro atoms. The smallest absolute Gasteiger partial charge is 0.341 e. The first-order chi connectivity index (χ1) is 14.8. The lowest BCUT2D eigenvalue weighted by molar-refractivity contribution is -0.139. The number of ether oxygens (including phenoxy) is 1. The number of hydrogen-bond acceptors (Lipinski definition) is 4. The van der Waals surface area contributed by atoms with E-state index in [-0.39, 0.29) is 33.4 Å². The lowest BCUT2D eigenvalue weighted by Crippen LogP contribution is -2.10. The average Bonchev–Trinajstić information content (AvgIpc) is 2.75. The van der Waals surface area contributed by atoms with Gasteiger partial charge in [0.25, 0.3) is 0 Å². The van der Waals surface area contributed by atoms with Gasteiger partial charge in [0.2, 0.25) is 5.88 Å². The first-order valence-corrected chi connectivity index (χ1v) is 10.1. The molecule has 6 nitrogen and oxygen atoms in total. The van der Waals surface area contributed by atoms with Crippen LogP contribution in [0.25, 0.3) is 0 Å². The zero-order valence-corrected chi connectivity index (χ0v) is 18.3. The summed E-state index contributed by atoms with van der Waals surface area (Å²) in [6.07, 6.45) is 0.119. The summed E-state index contributed by atoms with van der Waals surface area (Å²) in [5, 5.41) is 17.6. The molecule has 1 aromatic heterocycles. The number of nitrogens with zero attached hydrogens (tertiary/aromatic N) is 1. The molecule has 2 aromatic carbocycles. The van der Waals surface area contributed by atoms with Crippen molar-refractivity contribution in [3.8, 4) is 5.88 Å². The molecule has 0 saturated heterocycles. The Morgan fingerprint density at radius 2 is 1.35 bits per heavy atom. The van der Waals surface area contributed by atoms with Crippen molar-refractivity contribution in [1.29, 1.82) is 0 Å². The number of aromatic nitrogens is 1. The van der Waals surface area contributed by atoms with Gasteiger partial charge in [-0.15, -0.1) is 0 Å². The Morgan fingerprint density at radius 1 is 0.839 bits per heavy atom. The topological polar surface area (TPSA) is 96.7 Å². The summed E-state index contributed by atoms with van der Waals surface area (Å²) in [5.74, 6) is -2.03. The van der Waals surface area contributed by atoms with E-state index in [0.717, 1.165) is 11.1 Å². The molecule has 0 aliphatic rings. The van der Waals surface area contributed by atoms with Gasteiger partial charge in [-0.3, -0.25) is 4.79 Å². The summed E-state index contributed by atoms with van der Waals surface area (Å²) in [6, 6.07) is 20.8. The first-order valence-electron chi connectivity index (χ1n) is 8.95. The SMILES string of the molecule is O=C(O)CC(c1ccccc1)c1ccccc1.O=C(O)COc1nc(Cl)c(Cl)cc1Cl. The van der Waals surface area contributed by atoms with Gasteiger partial charge in [0, 0.05) is 5.92 Å². The number of halogens is 3. The Bertz CT molecular complexity index is 977. The van der Waals surface area contributed by atoms with Crippen LogP contribution in [-0.2, 0) is 9.59 Å². The zero-order chi connectivity index (χ0) is 22.8. The van der Waals surface area contributed by atoms with Crippen molar-refractivity contribution in [2.45, 2.75) is 12.3 Å². The standard InChI is InChI=1S/C15H14O2.C7H4Cl3NO3/c16-15(17)11-14(12-7-3-1-4-8-12)13-9-5-2-6-10-13;8-3-1-4(9)7(11-6(3)10)14-2-5(12)13/h1-10,14H,11H2,(H,16,17);1H,2H2,(H,12,13). The quantitative estimate of drug-likeness (QED) is 0.413. The highest BCUT2D eigenvalue weighted by Gasteiger charge is 2.17. The molecule has 0 aliphatic heterocycles. The summed E-state index contributed by atoms with van der Waals surface area (Å²) in [6.45, 7) is -0.537. The van der Waals surface area contributed by atoms with Crippen molar-refractivity contribution in [2.75, 3.05) is 6.61 Å². The van der Waals surface area contributed by atoms with Crippen molar-refractivity contribution in [3.63, 3.8) is 0 Å². The molecule has 0 atom stereocenters. The second-order valence-electron chi connectivity index (χ2n) is 6.20. The van der Waals surface area contributed by atoms with Gasteiger partial charge in [-0.25, -0.2) is 4.79 Å². The molecule has 9 heteroatoms. The second kappa shape index (κ2) is 12.2. The largest absolute Gasteiger partial charge is 0.481 e. The highest BCUT2D eigenvalue weighted by Crippen LogP contribution is 2.30. The number of benzene rings is 2. The number of carboxylic acid groups (broad SMARTS) is 2. The maximum Gasteiger partial charge on any atom is 0.341 e. The van der Waals surface area contributed by atoms with Crippen molar-refractivity contribution >= 4 is 46.7 Å². The van der Waals surface area contributed by atoms with E-state index in [1.807, 2.05) is 60.7 Å². The molecular formula is C22H18Cl3NO5. The summed E-state index contributed by atoms with van der Waals surface area (Å²) >= 11 is 16.8. The Labute approximate surface area is 194 Å². The van der Waals surface area contributed by atoms with Crippen LogP contribution in [0.2, 0.25) is 15.2 Å². The van der Waals surface area contributed by atoms with Crippen LogP contribution in [0.1, 0.15) is 23.5 Å². The zero-order valence-electron chi connectivity index (χ0n) is 16.0. The van der Waals surface area contributed by atoms with E-state index < -0.39 is 18.5 Å². The van der Waals surface area contributed by atoms with Gasteiger partial charge >= 0.3 is 11.9 Å². The highest BCUT2D eigenvalue weighted by atomic mass is 35.5. The number of aliphatic carboxylic acids is 2. The van der Waals surface area contributed by atoms with Gasteiger partial charge in [0.05, 0.1) is 11.4 Å². The van der Waals surface area contributed by atoms with E-state index in [0.29, 0.717) is 0 Å². The van der Waals surface area contributed by atoms with Crippen LogP contribution in [0, 0.1) is 0 Å². The fraction of sp³-hybridized carbons (Fsp3) is 0.136. The fourth-order valence-electron chi connectivity index (χ4n) is 2.63. The van der Waals surface area contributed by atoms with Crippen molar-refractivity contribution in [1.82, 2.24) is 4.98 Å². The van der Waals surface area contributed by atoms with Gasteiger partial charge in [-0.1, -0.05) is 95.5 Å². The van der Waals surface area contributed by atoms with Gasteiger partial charge in [0.15, 0.2) is 11.8 Å². The van der Waals surface area contributed by atoms with Crippen molar-refractivity contribution < 1.29 is 24.5 Å². The lowest BCUT2D eigenvalue weighted by Gasteiger charge is -2.15. The Kier molecular flexibility index (Phi) is 9.59. The van der Waals surface area contributed by atoms with E-state index in [9.17, 15) is 9.59 Å². The van der Waals surface area contributed by atoms with Crippen molar-refractivity contribution in [3.05, 3.63) is 93.1 Å². The van der Waals surface area contributed by atoms with Crippen LogP contribution in [0.3, 0.4) is 0 Å². The summed E-state index contributed by atoms with van der Waals surface area (Å²) in [5.41, 5.74) is 2.09. The minimum absolute atomic E-state index is 0.0106. The molecule has 0 amide bonds. The van der Waals surface area contributed by atoms with Gasteiger partial charge in [-0.05, 0) is 17.2 Å². The van der Waals surface area contributed by atoms with E-state index >= 15 is 0 Å². The lowest BCUT2D eigenvalue weighted by atomic mass is 9.89. The average molecular weight is 483 g/mol. The van der Waals surface area contributed by atoms with Gasteiger partial charge < -0.3 is 14.9 Å². The van der Waals surface area contributed by atoms with E-state index in [2.05, 4.69) is 4.98 Å². The number of hydrogen-bond donors (Lipinski definition) is 2. The third-order valence-corrected chi connectivity index (χ3v) is 4.91. The third-order valence-electron chi connectivity index (χ3n) is 3.97. The van der Waals surface area contributed by atoms with Crippen LogP contribution in [0.5, 0.6) is 5.88 Å². The molecule has 0 radical (unpaired) electrons. The molecule has 0 saturated carbocycles. The fourth-order valence-corrected chi connectivity index (χ4v) is 3.18. The van der Waals surface area contributed by atoms with E-state index in [4.69, 9.17) is 49.8 Å². The van der Waals surface area contributed by atoms with Crippen molar-refractivity contribution in [2.24, 2.45) is 0 Å². The Balaban J connectivity index is 0.000000225. The molecule has 3 aromatic rings. The number of pyridine rings is 1. The molecule has 162 valence electrons. The minimum atomic E-state index is -1.13. The predicted octanol–water partition coefficient (Wildman–Crippen LogP) is 5.80. The maximum atomic E-state index is 11.0. The normalized spacial score (nSPS) is 10.2. The number of carbonyl (C=O) groups is 2. The number of carboxylic acids is 2. The van der Waals surface area contributed by atoms with Crippen LogP contribution in [0.15, 0.2) is 66.7 Å². The minimum Gasteiger partial charge on any atom is -0.481 e. The highest BCUT2D eigenvalue weighted by molar-refractivity contribution is 6.42. The molecule has 31 heavy (non-hydrogen) atoms. The second-order valence-corrected chi connectivity index (χ2v) is 7.37. The summed E-state index contributed by atoms with van der Waals surface area (Å²) < 4.78 is 4.75. The molecule has 0 fully saturated rings. The third kappa shape index (κ3) is 8.09. The van der Waals surface area contributed by atoms with Gasteiger partial charge in [0.1, 0.15) is 5.02 Å². The van der Waals surface area contributed by atoms with Gasteiger partial charge in [-0.2, -0.15) is 4.98 Å². The molecule has 0 unspecified atom stereocenters. The van der Waals surface area contributed by atoms with Crippen LogP contribution in [0.4, 0.5) is 0 Å². The van der Waals surface area contributed by atoms with E-state index in [1.54, 1.807) is 0 Å². The van der Waals surface area contributed by atoms with E-state index in [1.165, 1.54) is 6.07 Å². The molecule has 3 rings (SSSR count). The monoisotopic (exact) mass is 481 g/mol. The maximum absolute atomic E-state index is 11.0. The predicted molar refractivity (Wildman–Crippen MR) is 119 cm³/mol. The van der Waals surface area contributed by atoms with Crippen LogP contribution < -0.4 is 4.74 Å². The molecule has 0 bridgehead atoms. The molecule has 0 aliphatic carbocycles. The first kappa shape index (κ1) is 24.5. The van der Waals surface area contributed by atoms with Crippen LogP contribution in [-0.4, -0.2) is 33.7 Å². The number of rotatable bonds is 7. The molecular weight excluding hydrogens is 465 g/mol. The summed E-state index contributed by atoms with van der Waals surface area (Å²) in [7, 11) is 0. The molecule has 1 heterocycles. The summed E-state index contributed by atoms with van der Waals surface area (Å²) in [4.78, 5) is 24.8. The Morgan fingerprint density at radius 3 is 1.81 bits per heavy atom.